The van der Waals surface area contributed by atoms with E-state index >= 15 is 0 Å². The van der Waals surface area contributed by atoms with E-state index < -0.39 is 23.8 Å². The Bertz CT molecular complexity index is 1960. The first-order valence-electron chi connectivity index (χ1n) is 20.9. The lowest BCUT2D eigenvalue weighted by Crippen LogP contribution is -2.69. The van der Waals surface area contributed by atoms with E-state index in [0.717, 1.165) is 48.7 Å². The summed E-state index contributed by atoms with van der Waals surface area (Å²) in [7, 11) is 1.73. The Morgan fingerprint density at radius 2 is 1.73 bits per heavy atom. The zero-order valence-electron chi connectivity index (χ0n) is 34.9. The summed E-state index contributed by atoms with van der Waals surface area (Å²) in [5, 5.41) is 24.7. The van der Waals surface area contributed by atoms with Crippen LogP contribution in [0.2, 0.25) is 0 Å². The van der Waals surface area contributed by atoms with Gasteiger partial charge in [0.05, 0.1) is 24.8 Å². The zero-order chi connectivity index (χ0) is 42.0. The van der Waals surface area contributed by atoms with Crippen molar-refractivity contribution >= 4 is 18.1 Å². The van der Waals surface area contributed by atoms with Gasteiger partial charge in [-0.25, -0.2) is 4.79 Å². The van der Waals surface area contributed by atoms with E-state index in [1.807, 2.05) is 75.4 Å². The topological polar surface area (TPSA) is 136 Å². The molecule has 59 heavy (non-hydrogen) atoms. The minimum Gasteiger partial charge on any atom is -0.459 e. The molecule has 2 aliphatic carbocycles. The van der Waals surface area contributed by atoms with Crippen molar-refractivity contribution in [2.75, 3.05) is 33.5 Å². The van der Waals surface area contributed by atoms with Gasteiger partial charge in [0.1, 0.15) is 36.2 Å². The Morgan fingerprint density at radius 1 is 0.983 bits per heavy atom. The number of ether oxygens (including phenoxy) is 4. The first-order valence-corrected chi connectivity index (χ1v) is 20.9. The van der Waals surface area contributed by atoms with Gasteiger partial charge >= 0.3 is 6.09 Å². The molecule has 0 spiro atoms. The van der Waals surface area contributed by atoms with E-state index in [-0.39, 0.29) is 62.6 Å². The number of oxime groups is 1. The van der Waals surface area contributed by atoms with Gasteiger partial charge in [-0.3, -0.25) is 4.79 Å². The molecular weight excluding hydrogens is 749 g/mol. The molecule has 3 aliphatic rings. The van der Waals surface area contributed by atoms with Gasteiger partial charge in [-0.2, -0.15) is 0 Å². The summed E-state index contributed by atoms with van der Waals surface area (Å²) < 4.78 is 26.5. The molecule has 6 atom stereocenters. The molecule has 1 aliphatic heterocycles. The molecule has 1 fully saturated rings. The first-order chi connectivity index (χ1) is 28.5. The molecule has 1 heterocycles. The van der Waals surface area contributed by atoms with Crippen LogP contribution in [0, 0.1) is 23.2 Å². The summed E-state index contributed by atoms with van der Waals surface area (Å²) in [6.07, 6.45) is 9.09. The van der Waals surface area contributed by atoms with Gasteiger partial charge in [0, 0.05) is 43.7 Å². The highest BCUT2D eigenvalue weighted by Gasteiger charge is 2.65. The van der Waals surface area contributed by atoms with Gasteiger partial charge in [-0.05, 0) is 84.4 Å². The third kappa shape index (κ3) is 10.3. The van der Waals surface area contributed by atoms with E-state index in [4.69, 9.17) is 28.9 Å². The number of aliphatic hydroxyl groups is 2. The largest absolute Gasteiger partial charge is 0.459 e. The number of aldehydes is 1. The highest BCUT2D eigenvalue weighted by molar-refractivity contribution is 6.03. The number of hydrogen-bond acceptors (Lipinski definition) is 10. The zero-order valence-corrected chi connectivity index (χ0v) is 34.9. The van der Waals surface area contributed by atoms with Crippen LogP contribution in [0.1, 0.15) is 93.1 Å². The summed E-state index contributed by atoms with van der Waals surface area (Å²) in [5.41, 5.74) is 3.77. The third-order valence-electron chi connectivity index (χ3n) is 11.5. The van der Waals surface area contributed by atoms with Crippen LogP contribution in [-0.4, -0.2) is 78.5 Å². The number of carbonyl (C=O) groups is 2. The highest BCUT2D eigenvalue weighted by atomic mass is 16.7. The van der Waals surface area contributed by atoms with E-state index in [1.165, 1.54) is 0 Å². The summed E-state index contributed by atoms with van der Waals surface area (Å²) in [4.78, 5) is 33.4. The fourth-order valence-corrected chi connectivity index (χ4v) is 8.84. The second-order valence-electron chi connectivity index (χ2n) is 17.1. The maximum absolute atomic E-state index is 14.1. The van der Waals surface area contributed by atoms with Crippen molar-refractivity contribution in [3.8, 4) is 17.2 Å². The fraction of sp³-hybridized carbons (Fsp3) is 0.479. The third-order valence-corrected chi connectivity index (χ3v) is 11.5. The monoisotopic (exact) mass is 808 g/mol. The number of hydrogen-bond donors (Lipinski definition) is 2. The lowest BCUT2D eigenvalue weighted by molar-refractivity contribution is -0.253. The quantitative estimate of drug-likeness (QED) is 0.0526. The van der Waals surface area contributed by atoms with Gasteiger partial charge in [-0.1, -0.05) is 93.4 Å². The van der Waals surface area contributed by atoms with E-state index in [9.17, 15) is 19.8 Å². The Morgan fingerprint density at radius 3 is 2.44 bits per heavy atom. The van der Waals surface area contributed by atoms with Crippen LogP contribution in [-0.2, 0) is 20.9 Å². The molecule has 0 aromatic heterocycles. The van der Waals surface area contributed by atoms with E-state index in [2.05, 4.69) is 12.7 Å². The van der Waals surface area contributed by atoms with Crippen LogP contribution in [0.3, 0.4) is 0 Å². The van der Waals surface area contributed by atoms with Crippen LogP contribution in [0.25, 0.3) is 0 Å². The number of carbonyl (C=O) groups excluding carboxylic acids is 2. The standard InChI is InChI=1S/C48H60N2O9/c1-6-25-56-48-43(50(5)46(54)55-32-47(2,3)4)29-41(49-57-31-33-15-8-7-9-16-33)39-27-35(18-10-12-23-51)38(20-11-13-24-52)44(45(39)48)40-28-37(21-22-42(40)59-48)58-36-19-14-17-34(26-36)30-53/h6-9,14-17,19,21-22,26-28,30,35,38,43-45,51-52H,1,10-13,18,20,23-25,29,31-32H2,2-5H3. The molecule has 6 rings (SSSR count). The molecule has 316 valence electrons. The number of rotatable bonds is 19. The molecule has 3 aromatic rings. The second-order valence-corrected chi connectivity index (χ2v) is 17.1. The average Bonchev–Trinajstić information content (AvgIpc) is 3.23. The van der Waals surface area contributed by atoms with Gasteiger partial charge in [0.15, 0.2) is 0 Å². The molecule has 0 saturated heterocycles. The minimum atomic E-state index is -1.41. The second kappa shape index (κ2) is 19.9. The Hall–Kier alpha value is -4.97. The summed E-state index contributed by atoms with van der Waals surface area (Å²) >= 11 is 0. The molecule has 6 unspecified atom stereocenters. The smallest absolute Gasteiger partial charge is 0.410 e. The number of aliphatic hydroxyl groups excluding tert-OH is 2. The van der Waals surface area contributed by atoms with Crippen LogP contribution >= 0.6 is 0 Å². The Balaban J connectivity index is 1.55. The van der Waals surface area contributed by atoms with Crippen molar-refractivity contribution in [2.45, 2.75) is 90.1 Å². The molecular formula is C48H60N2O9. The minimum absolute atomic E-state index is 0.0420. The number of nitrogens with zero attached hydrogens (tertiary/aromatic N) is 2. The summed E-state index contributed by atoms with van der Waals surface area (Å²) in [6, 6.07) is 21.9. The van der Waals surface area contributed by atoms with Gasteiger partial charge < -0.3 is 38.9 Å². The van der Waals surface area contributed by atoms with Crippen LogP contribution in [0.15, 0.2) is 102 Å². The molecule has 2 N–H and O–H groups in total. The number of likely N-dealkylation sites (N-methyl/N-ethyl adjacent to an activating group) is 1. The molecule has 11 heteroatoms. The molecule has 1 saturated carbocycles. The number of allylic oxidation sites excluding steroid dienone is 1. The predicted molar refractivity (Wildman–Crippen MR) is 227 cm³/mol. The van der Waals surface area contributed by atoms with E-state index in [0.29, 0.717) is 41.4 Å². The van der Waals surface area contributed by atoms with Gasteiger partial charge in [0.25, 0.3) is 0 Å². The number of unbranched alkanes of at least 4 members (excludes halogenated alkanes) is 2. The van der Waals surface area contributed by atoms with E-state index in [1.54, 1.807) is 36.2 Å². The van der Waals surface area contributed by atoms with Crippen LogP contribution < -0.4 is 9.47 Å². The molecule has 0 bridgehead atoms. The van der Waals surface area contributed by atoms with Crippen molar-refractivity contribution < 1.29 is 43.6 Å². The van der Waals surface area contributed by atoms with Crippen LogP contribution in [0.4, 0.5) is 4.79 Å². The summed E-state index contributed by atoms with van der Waals surface area (Å²) in [6.45, 7) is 10.8. The van der Waals surface area contributed by atoms with Crippen molar-refractivity contribution in [3.05, 3.63) is 114 Å². The van der Waals surface area contributed by atoms with Crippen LogP contribution in [0.5, 0.6) is 17.2 Å². The van der Waals surface area contributed by atoms with Crippen molar-refractivity contribution in [1.29, 1.82) is 0 Å². The predicted octanol–water partition coefficient (Wildman–Crippen LogP) is 9.24. The van der Waals surface area contributed by atoms with Crippen molar-refractivity contribution in [3.63, 3.8) is 0 Å². The Labute approximate surface area is 348 Å². The highest BCUT2D eigenvalue weighted by Crippen LogP contribution is 2.62. The van der Waals surface area contributed by atoms with Gasteiger partial charge in [0.2, 0.25) is 5.79 Å². The normalized spacial score (nSPS) is 23.9. The molecule has 11 nitrogen and oxygen atoms in total. The SMILES string of the molecule is C=CCOC12Oc3ccc(Oc4cccc(C=O)c4)cc3C3C(CCCCO)C(CCCCO)C=C(C(=NOCc4ccccc4)CC1N(C)C(=O)OCC(C)(C)C)C32. The lowest BCUT2D eigenvalue weighted by atomic mass is 9.55. The summed E-state index contributed by atoms with van der Waals surface area (Å²) in [5.74, 6) is -0.295. The van der Waals surface area contributed by atoms with Crippen molar-refractivity contribution in [2.24, 2.45) is 28.3 Å². The molecule has 1 amide bonds. The fourth-order valence-electron chi connectivity index (χ4n) is 8.84. The molecule has 3 aromatic carbocycles. The maximum Gasteiger partial charge on any atom is 0.410 e. The number of benzene rings is 3. The lowest BCUT2D eigenvalue weighted by Gasteiger charge is -2.59. The first kappa shape index (κ1) is 43.6. The number of fused-ring (bicyclic) bond motifs is 2. The van der Waals surface area contributed by atoms with Crippen molar-refractivity contribution in [1.82, 2.24) is 4.90 Å². The number of amides is 1. The average molecular weight is 809 g/mol. The maximum atomic E-state index is 14.1. The van der Waals surface area contributed by atoms with Gasteiger partial charge in [-0.15, -0.1) is 6.58 Å². The Kier molecular flexibility index (Phi) is 14.7. The molecule has 0 radical (unpaired) electrons.